The standard InChI is InChI=1S/C62H115N2O6P/c1-6-8-10-12-14-16-18-20-22-24-26-28-29-30-31-32-33-34-35-36-38-40-42-44-46-48-50-52-54-56-62(66)63-60(59-70-71(67,68)69-58-57-64(3,4)5)61(65)55-53-51-49-47-45-43-41-39-37-27-25-23-21-19-17-15-13-11-9-7-2/h8,10,14,16,20,22,26,28,45,47,53,55,60-61,65H,6-7,9,11-13,15,17-19,21,23-25,27,29-44,46,48-52,54,56-59H2,1-5H3,(H-,63,66,67,68)/p+1/b10-8-,16-14-,22-20-,28-26-,47-45+,55-53+. The van der Waals surface area contributed by atoms with Crippen molar-refractivity contribution in [2.75, 3.05) is 40.9 Å². The predicted molar refractivity (Wildman–Crippen MR) is 309 cm³/mol. The molecule has 0 fully saturated rings. The number of carbonyl (C=O) groups is 1. The molecule has 71 heavy (non-hydrogen) atoms. The van der Waals surface area contributed by atoms with Crippen LogP contribution in [0.15, 0.2) is 72.9 Å². The maximum atomic E-state index is 13.0. The summed E-state index contributed by atoms with van der Waals surface area (Å²) in [6, 6.07) is -0.866. The molecule has 0 saturated heterocycles. The number of phosphoric acid groups is 1. The van der Waals surface area contributed by atoms with Gasteiger partial charge in [-0.25, -0.2) is 4.57 Å². The number of hydrogen-bond donors (Lipinski definition) is 3. The number of rotatable bonds is 54. The molecule has 3 N–H and O–H groups in total. The van der Waals surface area contributed by atoms with Crippen LogP contribution in [0, 0.1) is 0 Å². The lowest BCUT2D eigenvalue weighted by molar-refractivity contribution is -0.870. The van der Waals surface area contributed by atoms with Crippen LogP contribution >= 0.6 is 7.82 Å². The second-order valence-corrected chi connectivity index (χ2v) is 22.8. The van der Waals surface area contributed by atoms with Crippen molar-refractivity contribution in [3.05, 3.63) is 72.9 Å². The van der Waals surface area contributed by atoms with Gasteiger partial charge in [0.15, 0.2) is 0 Å². The topological polar surface area (TPSA) is 105 Å². The second kappa shape index (κ2) is 52.8. The molecule has 0 radical (unpaired) electrons. The first-order valence-electron chi connectivity index (χ1n) is 29.8. The SMILES string of the molecule is CC/C=C\C/C=C\C/C=C\C/C=C\CCCCCCCCCCCCCCCCCCC(=O)NC(COP(=O)(O)OCC[N+](C)(C)C)C(O)/C=C/CC/C=C/CCCCCCCCCCCCCCCC. The Morgan fingerprint density at radius 3 is 1.30 bits per heavy atom. The molecule has 0 heterocycles. The summed E-state index contributed by atoms with van der Waals surface area (Å²) in [7, 11) is 1.56. The molecule has 0 rings (SSSR count). The number of nitrogens with zero attached hydrogens (tertiary/aromatic N) is 1. The van der Waals surface area contributed by atoms with Gasteiger partial charge in [0.25, 0.3) is 0 Å². The van der Waals surface area contributed by atoms with Crippen LogP contribution in [0.2, 0.25) is 0 Å². The number of phosphoric ester groups is 1. The van der Waals surface area contributed by atoms with Gasteiger partial charge in [0.05, 0.1) is 39.9 Å². The van der Waals surface area contributed by atoms with Gasteiger partial charge in [0.1, 0.15) is 13.2 Å². The van der Waals surface area contributed by atoms with Crippen LogP contribution in [0.5, 0.6) is 0 Å². The van der Waals surface area contributed by atoms with Gasteiger partial charge in [-0.2, -0.15) is 0 Å². The Kier molecular flexibility index (Phi) is 51.3. The average Bonchev–Trinajstić information content (AvgIpc) is 3.33. The molecule has 0 aromatic rings. The maximum Gasteiger partial charge on any atom is 0.472 e. The number of amides is 1. The molecule has 0 aliphatic rings. The number of quaternary nitrogens is 1. The molecule has 1 amide bonds. The highest BCUT2D eigenvalue weighted by Crippen LogP contribution is 2.43. The van der Waals surface area contributed by atoms with Crippen LogP contribution in [0.1, 0.15) is 264 Å². The highest BCUT2D eigenvalue weighted by molar-refractivity contribution is 7.47. The molecule has 3 unspecified atom stereocenters. The third kappa shape index (κ3) is 55.5. The number of aliphatic hydroxyl groups is 1. The van der Waals surface area contributed by atoms with E-state index >= 15 is 0 Å². The van der Waals surface area contributed by atoms with E-state index in [4.69, 9.17) is 9.05 Å². The van der Waals surface area contributed by atoms with Gasteiger partial charge in [0, 0.05) is 6.42 Å². The van der Waals surface area contributed by atoms with Crippen molar-refractivity contribution in [1.29, 1.82) is 0 Å². The van der Waals surface area contributed by atoms with Crippen LogP contribution in [-0.2, 0) is 18.4 Å². The molecule has 0 bridgehead atoms. The minimum atomic E-state index is -4.36. The Morgan fingerprint density at radius 2 is 0.859 bits per heavy atom. The van der Waals surface area contributed by atoms with Crippen molar-refractivity contribution < 1.29 is 32.9 Å². The summed E-state index contributed by atoms with van der Waals surface area (Å²) in [5.74, 6) is -0.186. The minimum absolute atomic E-state index is 0.0548. The normalized spacial score (nSPS) is 14.4. The first-order valence-corrected chi connectivity index (χ1v) is 31.3. The van der Waals surface area contributed by atoms with Crippen molar-refractivity contribution in [3.63, 3.8) is 0 Å². The first-order chi connectivity index (χ1) is 34.5. The highest BCUT2D eigenvalue weighted by Gasteiger charge is 2.27. The van der Waals surface area contributed by atoms with Crippen LogP contribution < -0.4 is 5.32 Å². The summed E-state index contributed by atoms with van der Waals surface area (Å²) in [4.78, 5) is 23.3. The summed E-state index contributed by atoms with van der Waals surface area (Å²) in [6.07, 6.45) is 73.0. The molecule has 0 spiro atoms. The molecule has 0 saturated carbocycles. The van der Waals surface area contributed by atoms with E-state index in [1.807, 2.05) is 27.2 Å². The van der Waals surface area contributed by atoms with Gasteiger partial charge in [-0.05, 0) is 70.6 Å². The van der Waals surface area contributed by atoms with E-state index in [1.54, 1.807) is 6.08 Å². The van der Waals surface area contributed by atoms with E-state index in [0.717, 1.165) is 64.2 Å². The monoisotopic (exact) mass is 1020 g/mol. The van der Waals surface area contributed by atoms with E-state index in [2.05, 4.69) is 79.9 Å². The molecular weight excluding hydrogens is 900 g/mol. The largest absolute Gasteiger partial charge is 0.472 e. The van der Waals surface area contributed by atoms with Crippen LogP contribution in [0.25, 0.3) is 0 Å². The second-order valence-electron chi connectivity index (χ2n) is 21.3. The maximum absolute atomic E-state index is 13.0. The Balaban J connectivity index is 4.18. The molecule has 414 valence electrons. The van der Waals surface area contributed by atoms with E-state index in [0.29, 0.717) is 17.4 Å². The summed E-state index contributed by atoms with van der Waals surface area (Å²) < 4.78 is 23.7. The van der Waals surface area contributed by atoms with E-state index < -0.39 is 20.0 Å². The average molecular weight is 1020 g/mol. The Morgan fingerprint density at radius 1 is 0.493 bits per heavy atom. The Bertz CT molecular complexity index is 1380. The van der Waals surface area contributed by atoms with Gasteiger partial charge in [0.2, 0.25) is 5.91 Å². The fraction of sp³-hybridized carbons (Fsp3) is 0.790. The first kappa shape index (κ1) is 68.9. The number of hydrogen-bond acceptors (Lipinski definition) is 5. The van der Waals surface area contributed by atoms with Crippen LogP contribution in [0.4, 0.5) is 0 Å². The van der Waals surface area contributed by atoms with Crippen LogP contribution in [0.3, 0.4) is 0 Å². The fourth-order valence-electron chi connectivity index (χ4n) is 8.52. The third-order valence-electron chi connectivity index (χ3n) is 13.2. The molecule has 0 aliphatic carbocycles. The predicted octanol–water partition coefficient (Wildman–Crippen LogP) is 18.3. The lowest BCUT2D eigenvalue weighted by atomic mass is 10.0. The lowest BCUT2D eigenvalue weighted by Crippen LogP contribution is -2.45. The molecule has 8 nitrogen and oxygen atoms in total. The zero-order chi connectivity index (χ0) is 52.0. The molecule has 3 atom stereocenters. The fourth-order valence-corrected chi connectivity index (χ4v) is 9.26. The van der Waals surface area contributed by atoms with Gasteiger partial charge in [-0.1, -0.05) is 260 Å². The molecule has 0 aliphatic heterocycles. The lowest BCUT2D eigenvalue weighted by Gasteiger charge is -2.25. The number of likely N-dealkylation sites (N-methyl/N-ethyl adjacent to an activating group) is 1. The minimum Gasteiger partial charge on any atom is -0.387 e. The van der Waals surface area contributed by atoms with Crippen molar-refractivity contribution in [2.45, 2.75) is 276 Å². The molecule has 0 aromatic carbocycles. The number of carbonyl (C=O) groups excluding carboxylic acids is 1. The Labute approximate surface area is 440 Å². The summed E-state index contributed by atoms with van der Waals surface area (Å²) in [6.45, 7) is 4.70. The summed E-state index contributed by atoms with van der Waals surface area (Å²) in [5, 5.41) is 13.9. The van der Waals surface area contributed by atoms with Crippen molar-refractivity contribution in [3.8, 4) is 0 Å². The third-order valence-corrected chi connectivity index (χ3v) is 14.1. The summed E-state index contributed by atoms with van der Waals surface area (Å²) in [5.41, 5.74) is 0. The van der Waals surface area contributed by atoms with Gasteiger partial charge in [-0.15, -0.1) is 0 Å². The van der Waals surface area contributed by atoms with E-state index in [1.165, 1.54) is 180 Å². The number of nitrogens with one attached hydrogen (secondary N) is 1. The van der Waals surface area contributed by atoms with Gasteiger partial charge >= 0.3 is 7.82 Å². The van der Waals surface area contributed by atoms with Gasteiger partial charge < -0.3 is 19.8 Å². The van der Waals surface area contributed by atoms with Crippen LogP contribution in [-0.4, -0.2) is 73.4 Å². The number of unbranched alkanes of at least 4 members (excludes halogenated alkanes) is 31. The zero-order valence-electron chi connectivity index (χ0n) is 47.2. The smallest absolute Gasteiger partial charge is 0.387 e. The quantitative estimate of drug-likeness (QED) is 0.0243. The van der Waals surface area contributed by atoms with Gasteiger partial charge in [-0.3, -0.25) is 13.8 Å². The molecule has 9 heteroatoms. The number of aliphatic hydroxyl groups excluding tert-OH is 1. The van der Waals surface area contributed by atoms with E-state index in [-0.39, 0.29) is 19.1 Å². The molecule has 0 aromatic heterocycles. The van der Waals surface area contributed by atoms with Crippen molar-refractivity contribution in [2.24, 2.45) is 0 Å². The van der Waals surface area contributed by atoms with E-state index in [9.17, 15) is 19.4 Å². The van der Waals surface area contributed by atoms with Crippen molar-refractivity contribution >= 4 is 13.7 Å². The Hall–Kier alpha value is -2.06. The molecular formula is C62H116N2O6P+. The van der Waals surface area contributed by atoms with Crippen molar-refractivity contribution in [1.82, 2.24) is 5.32 Å². The summed E-state index contributed by atoms with van der Waals surface area (Å²) >= 11 is 0. The number of allylic oxidation sites excluding steroid dienone is 11. The zero-order valence-corrected chi connectivity index (χ0v) is 48.1. The highest BCUT2D eigenvalue weighted by atomic mass is 31.2.